The molecule has 1 aromatic heterocycles. The zero-order chi connectivity index (χ0) is 9.14. The molecular weight excluding hydrogens is 174 g/mol. The molecule has 0 fully saturated rings. The van der Waals surface area contributed by atoms with Crippen molar-refractivity contribution in [1.82, 2.24) is 0 Å². The molecule has 0 atom stereocenters. The summed E-state index contributed by atoms with van der Waals surface area (Å²) in [5, 5.41) is 0.684. The van der Waals surface area contributed by atoms with Crippen LogP contribution >= 0.6 is 11.6 Å². The highest BCUT2D eigenvalue weighted by molar-refractivity contribution is 6.28. The third-order valence-electron chi connectivity index (χ3n) is 1.85. The van der Waals surface area contributed by atoms with Gasteiger partial charge in [-0.1, -0.05) is 6.92 Å². The van der Waals surface area contributed by atoms with Gasteiger partial charge in [-0.2, -0.15) is 4.57 Å². The third kappa shape index (κ3) is 1.69. The number of ether oxygens (including phenoxy) is 1. The zero-order valence-corrected chi connectivity index (χ0v) is 8.35. The van der Waals surface area contributed by atoms with E-state index in [2.05, 4.69) is 6.92 Å². The fourth-order valence-electron chi connectivity index (χ4n) is 1.12. The lowest BCUT2D eigenvalue weighted by Gasteiger charge is -2.04. The highest BCUT2D eigenvalue weighted by Crippen LogP contribution is 2.19. The van der Waals surface area contributed by atoms with Crippen molar-refractivity contribution in [2.24, 2.45) is 7.05 Å². The Hall–Kier alpha value is -0.760. The van der Waals surface area contributed by atoms with Crippen molar-refractivity contribution in [2.45, 2.75) is 13.3 Å². The highest BCUT2D eigenvalue weighted by atomic mass is 35.5. The number of aromatic nitrogens is 1. The van der Waals surface area contributed by atoms with E-state index in [1.807, 2.05) is 23.9 Å². The third-order valence-corrected chi connectivity index (χ3v) is 2.23. The monoisotopic (exact) mass is 186 g/mol. The molecule has 0 aliphatic carbocycles. The van der Waals surface area contributed by atoms with Gasteiger partial charge in [0.2, 0.25) is 0 Å². The molecule has 0 spiro atoms. The summed E-state index contributed by atoms with van der Waals surface area (Å²) in [4.78, 5) is 0. The molecule has 1 heterocycles. The summed E-state index contributed by atoms with van der Waals surface area (Å²) >= 11 is 5.90. The van der Waals surface area contributed by atoms with E-state index < -0.39 is 0 Å². The van der Waals surface area contributed by atoms with Crippen molar-refractivity contribution >= 4 is 11.6 Å². The lowest BCUT2D eigenvalue weighted by molar-refractivity contribution is -0.669. The van der Waals surface area contributed by atoms with E-state index in [1.54, 1.807) is 7.11 Å². The fourth-order valence-corrected chi connectivity index (χ4v) is 1.27. The molecule has 1 aromatic rings. The Balaban J connectivity index is 3.19. The first kappa shape index (κ1) is 9.33. The molecule has 3 heteroatoms. The molecule has 0 unspecified atom stereocenters. The number of nitrogens with zero attached hydrogens (tertiary/aromatic N) is 1. The Kier molecular flexibility index (Phi) is 2.93. The predicted octanol–water partition coefficient (Wildman–Crippen LogP) is 1.74. The minimum atomic E-state index is 0.684. The summed E-state index contributed by atoms with van der Waals surface area (Å²) in [5.41, 5.74) is 1.17. The van der Waals surface area contributed by atoms with Gasteiger partial charge in [0.1, 0.15) is 12.8 Å². The van der Waals surface area contributed by atoms with Crippen LogP contribution in [0.4, 0.5) is 0 Å². The van der Waals surface area contributed by atoms with E-state index in [0.29, 0.717) is 5.15 Å². The summed E-state index contributed by atoms with van der Waals surface area (Å²) in [7, 11) is 3.58. The van der Waals surface area contributed by atoms with Gasteiger partial charge in [0, 0.05) is 0 Å². The SMILES string of the molecule is CCc1c[n+](C)c(Cl)cc1OC. The Morgan fingerprint density at radius 2 is 2.25 bits per heavy atom. The lowest BCUT2D eigenvalue weighted by Crippen LogP contribution is -2.29. The number of hydrogen-bond acceptors (Lipinski definition) is 1. The van der Waals surface area contributed by atoms with Gasteiger partial charge in [-0.05, 0) is 18.0 Å². The van der Waals surface area contributed by atoms with Crippen LogP contribution in [-0.2, 0) is 13.5 Å². The molecule has 0 saturated carbocycles. The van der Waals surface area contributed by atoms with E-state index in [1.165, 1.54) is 5.56 Å². The second-order valence-corrected chi connectivity index (χ2v) is 3.04. The molecule has 2 nitrogen and oxygen atoms in total. The smallest absolute Gasteiger partial charge is 0.278 e. The van der Waals surface area contributed by atoms with Gasteiger partial charge in [0.15, 0.2) is 6.20 Å². The number of aryl methyl sites for hydroxylation is 2. The lowest BCUT2D eigenvalue weighted by atomic mass is 10.2. The van der Waals surface area contributed by atoms with Crippen LogP contribution in [0.15, 0.2) is 12.3 Å². The van der Waals surface area contributed by atoms with E-state index in [4.69, 9.17) is 16.3 Å². The van der Waals surface area contributed by atoms with Gasteiger partial charge in [0.05, 0.1) is 18.7 Å². The molecule has 66 valence electrons. The van der Waals surface area contributed by atoms with Crippen molar-refractivity contribution in [3.8, 4) is 5.75 Å². The minimum Gasteiger partial charge on any atom is -0.496 e. The normalized spacial score (nSPS) is 10.0. The summed E-state index contributed by atoms with van der Waals surface area (Å²) in [6, 6.07) is 1.83. The molecule has 0 bridgehead atoms. The summed E-state index contributed by atoms with van der Waals surface area (Å²) < 4.78 is 7.05. The van der Waals surface area contributed by atoms with Crippen LogP contribution in [0.1, 0.15) is 12.5 Å². The van der Waals surface area contributed by atoms with Crippen LogP contribution in [0, 0.1) is 0 Å². The van der Waals surface area contributed by atoms with Gasteiger partial charge in [-0.3, -0.25) is 0 Å². The molecule has 0 aromatic carbocycles. The van der Waals surface area contributed by atoms with Crippen molar-refractivity contribution in [3.05, 3.63) is 23.0 Å². The van der Waals surface area contributed by atoms with E-state index in [9.17, 15) is 0 Å². The first-order chi connectivity index (χ1) is 5.69. The molecule has 1 rings (SSSR count). The Morgan fingerprint density at radius 3 is 2.75 bits per heavy atom. The van der Waals surface area contributed by atoms with Gasteiger partial charge in [-0.15, -0.1) is 0 Å². The van der Waals surface area contributed by atoms with E-state index >= 15 is 0 Å². The average Bonchev–Trinajstić information content (AvgIpc) is 2.09. The average molecular weight is 187 g/mol. The van der Waals surface area contributed by atoms with Gasteiger partial charge in [0.25, 0.3) is 5.15 Å². The first-order valence-corrected chi connectivity index (χ1v) is 4.29. The van der Waals surface area contributed by atoms with Crippen LogP contribution in [0.25, 0.3) is 0 Å². The topological polar surface area (TPSA) is 13.1 Å². The van der Waals surface area contributed by atoms with Crippen molar-refractivity contribution in [3.63, 3.8) is 0 Å². The number of halogens is 1. The summed E-state index contributed by atoms with van der Waals surface area (Å²) in [6.07, 6.45) is 2.94. The number of methoxy groups -OCH3 is 1. The van der Waals surface area contributed by atoms with Gasteiger partial charge >= 0.3 is 0 Å². The molecule has 0 saturated heterocycles. The highest BCUT2D eigenvalue weighted by Gasteiger charge is 2.10. The molecule has 0 amide bonds. The first-order valence-electron chi connectivity index (χ1n) is 3.91. The Labute approximate surface area is 77.7 Å². The van der Waals surface area contributed by atoms with Crippen molar-refractivity contribution in [2.75, 3.05) is 7.11 Å². The molecule has 0 N–H and O–H groups in total. The van der Waals surface area contributed by atoms with Crippen LogP contribution < -0.4 is 9.30 Å². The summed E-state index contributed by atoms with van der Waals surface area (Å²) in [6.45, 7) is 2.09. The molecule has 0 aliphatic heterocycles. The number of hydrogen-bond donors (Lipinski definition) is 0. The zero-order valence-electron chi connectivity index (χ0n) is 7.60. The van der Waals surface area contributed by atoms with Crippen LogP contribution in [-0.4, -0.2) is 7.11 Å². The number of pyridine rings is 1. The van der Waals surface area contributed by atoms with Gasteiger partial charge in [-0.25, -0.2) is 0 Å². The quantitative estimate of drug-likeness (QED) is 0.507. The molecular formula is C9H13ClNO+. The van der Waals surface area contributed by atoms with Crippen LogP contribution in [0.2, 0.25) is 5.15 Å². The standard InChI is InChI=1S/C9H13ClNO/c1-4-7-6-11(2)9(10)5-8(7)12-3/h5-6H,4H2,1-3H3/q+1. The van der Waals surface area contributed by atoms with Crippen LogP contribution in [0.3, 0.4) is 0 Å². The minimum absolute atomic E-state index is 0.684. The maximum absolute atomic E-state index is 5.90. The Morgan fingerprint density at radius 1 is 1.58 bits per heavy atom. The van der Waals surface area contributed by atoms with E-state index in [0.717, 1.165) is 12.2 Å². The molecule has 12 heavy (non-hydrogen) atoms. The fraction of sp³-hybridized carbons (Fsp3) is 0.444. The largest absolute Gasteiger partial charge is 0.496 e. The Bertz CT molecular complexity index is 257. The van der Waals surface area contributed by atoms with E-state index in [-0.39, 0.29) is 0 Å². The number of rotatable bonds is 2. The summed E-state index contributed by atoms with van der Waals surface area (Å²) in [5.74, 6) is 0.862. The van der Waals surface area contributed by atoms with Crippen molar-refractivity contribution < 1.29 is 9.30 Å². The second kappa shape index (κ2) is 3.76. The van der Waals surface area contributed by atoms with Crippen LogP contribution in [0.5, 0.6) is 5.75 Å². The predicted molar refractivity (Wildman–Crippen MR) is 48.6 cm³/mol. The maximum atomic E-state index is 5.90. The van der Waals surface area contributed by atoms with Gasteiger partial charge < -0.3 is 4.74 Å². The second-order valence-electron chi connectivity index (χ2n) is 2.65. The molecule has 0 radical (unpaired) electrons. The molecule has 0 aliphatic rings. The van der Waals surface area contributed by atoms with Crippen molar-refractivity contribution in [1.29, 1.82) is 0 Å². The maximum Gasteiger partial charge on any atom is 0.278 e.